The van der Waals surface area contributed by atoms with Crippen molar-refractivity contribution in [2.45, 2.75) is 0 Å². The third-order valence-electron chi connectivity index (χ3n) is 11.6. The third kappa shape index (κ3) is 5.82. The van der Waals surface area contributed by atoms with E-state index in [1.165, 1.54) is 82.4 Å². The normalized spacial score (nSPS) is 11.4. The minimum atomic E-state index is 1.10. The van der Waals surface area contributed by atoms with Crippen molar-refractivity contribution < 1.29 is 0 Å². The van der Waals surface area contributed by atoms with Crippen molar-refractivity contribution in [2.75, 3.05) is 4.90 Å². The number of rotatable bonds is 7. The summed E-state index contributed by atoms with van der Waals surface area (Å²) in [5, 5.41) is 7.41. The Morgan fingerprint density at radius 3 is 1.47 bits per heavy atom. The molecule has 272 valence electrons. The molecule has 2 nitrogen and oxygen atoms in total. The highest BCUT2D eigenvalue weighted by molar-refractivity contribution is 6.11. The lowest BCUT2D eigenvalue weighted by Gasteiger charge is -2.27. The number of aromatic nitrogens is 1. The van der Waals surface area contributed by atoms with Crippen molar-refractivity contribution in [3.05, 3.63) is 231 Å². The smallest absolute Gasteiger partial charge is 0.0541 e. The second-order valence-corrected chi connectivity index (χ2v) is 15.0. The van der Waals surface area contributed by atoms with Gasteiger partial charge in [0.2, 0.25) is 0 Å². The molecule has 0 amide bonds. The predicted molar refractivity (Wildman–Crippen MR) is 247 cm³/mol. The van der Waals surface area contributed by atoms with Gasteiger partial charge in [0.05, 0.1) is 16.7 Å². The lowest BCUT2D eigenvalue weighted by Crippen LogP contribution is -2.10. The Kier molecular flexibility index (Phi) is 8.19. The van der Waals surface area contributed by atoms with Crippen LogP contribution in [0.4, 0.5) is 17.1 Å². The van der Waals surface area contributed by atoms with Crippen molar-refractivity contribution in [1.82, 2.24) is 4.57 Å². The number of benzene rings is 10. The van der Waals surface area contributed by atoms with Gasteiger partial charge in [-0.3, -0.25) is 0 Å². The van der Waals surface area contributed by atoms with Crippen LogP contribution in [-0.4, -0.2) is 4.57 Å². The van der Waals surface area contributed by atoms with E-state index in [1.807, 2.05) is 0 Å². The largest absolute Gasteiger partial charge is 0.310 e. The fraction of sp³-hybridized carbons (Fsp3) is 0. The van der Waals surface area contributed by atoms with Crippen LogP contribution in [0.2, 0.25) is 0 Å². The van der Waals surface area contributed by atoms with Crippen LogP contribution in [0.1, 0.15) is 0 Å². The Morgan fingerprint density at radius 2 is 0.776 bits per heavy atom. The van der Waals surface area contributed by atoms with Crippen LogP contribution in [0.5, 0.6) is 0 Å². The molecule has 0 atom stereocenters. The van der Waals surface area contributed by atoms with Gasteiger partial charge < -0.3 is 9.47 Å². The molecule has 0 radical (unpaired) electrons. The average Bonchev–Trinajstić information content (AvgIpc) is 3.64. The molecule has 11 aromatic rings. The van der Waals surface area contributed by atoms with E-state index in [-0.39, 0.29) is 0 Å². The van der Waals surface area contributed by atoms with Crippen molar-refractivity contribution in [1.29, 1.82) is 0 Å². The first-order valence-electron chi connectivity index (χ1n) is 19.9. The van der Waals surface area contributed by atoms with Gasteiger partial charge in [-0.25, -0.2) is 0 Å². The quantitative estimate of drug-likeness (QED) is 0.158. The predicted octanol–water partition coefficient (Wildman–Crippen LogP) is 15.6. The molecule has 0 N–H and O–H groups in total. The van der Waals surface area contributed by atoms with Gasteiger partial charge in [0.15, 0.2) is 0 Å². The number of nitrogens with zero attached hydrogens (tertiary/aromatic N) is 2. The maximum Gasteiger partial charge on any atom is 0.0541 e. The molecule has 1 aromatic heterocycles. The van der Waals surface area contributed by atoms with E-state index in [2.05, 4.69) is 240 Å². The minimum Gasteiger partial charge on any atom is -0.310 e. The van der Waals surface area contributed by atoms with E-state index in [0.29, 0.717) is 0 Å². The van der Waals surface area contributed by atoms with Gasteiger partial charge in [-0.05, 0) is 110 Å². The summed E-state index contributed by atoms with van der Waals surface area (Å²) in [7, 11) is 0. The molecule has 0 saturated carbocycles. The molecule has 0 saturated heterocycles. The topological polar surface area (TPSA) is 8.17 Å². The molecule has 0 fully saturated rings. The van der Waals surface area contributed by atoms with Crippen LogP contribution in [0, 0.1) is 0 Å². The zero-order valence-electron chi connectivity index (χ0n) is 31.8. The molecule has 11 rings (SSSR count). The van der Waals surface area contributed by atoms with Crippen LogP contribution in [0.15, 0.2) is 231 Å². The summed E-state index contributed by atoms with van der Waals surface area (Å²) in [4.78, 5) is 2.38. The van der Waals surface area contributed by atoms with Gasteiger partial charge >= 0.3 is 0 Å². The Morgan fingerprint density at radius 1 is 0.276 bits per heavy atom. The van der Waals surface area contributed by atoms with Gasteiger partial charge in [0, 0.05) is 33.2 Å². The minimum absolute atomic E-state index is 1.10. The Balaban J connectivity index is 1.02. The molecule has 1 heterocycles. The Labute approximate surface area is 338 Å². The summed E-state index contributed by atoms with van der Waals surface area (Å²) in [6.07, 6.45) is 0. The van der Waals surface area contributed by atoms with Crippen molar-refractivity contribution in [3.63, 3.8) is 0 Å². The number of fused-ring (bicyclic) bond motifs is 5. The maximum atomic E-state index is 2.42. The highest BCUT2D eigenvalue weighted by atomic mass is 15.1. The summed E-state index contributed by atoms with van der Waals surface area (Å²) < 4.78 is 2.42. The fourth-order valence-corrected chi connectivity index (χ4v) is 8.79. The van der Waals surface area contributed by atoms with E-state index >= 15 is 0 Å². The molecule has 2 heteroatoms. The molecule has 0 spiro atoms. The molecule has 58 heavy (non-hydrogen) atoms. The van der Waals surface area contributed by atoms with Crippen molar-refractivity contribution in [2.24, 2.45) is 0 Å². The van der Waals surface area contributed by atoms with Crippen molar-refractivity contribution >= 4 is 60.4 Å². The molecular formula is C56H38N2. The second kappa shape index (κ2) is 14.1. The SMILES string of the molecule is c1ccc(-c2cccc(N(c3ccc(-c4ccc(-n5c6ccccc6c6ccccc65)c5ccccc45)cc3)c3ccc4cc(-c5ccccc5)ccc4c3)c2)cc1. The molecule has 0 aliphatic heterocycles. The lowest BCUT2D eigenvalue weighted by atomic mass is 9.96. The van der Waals surface area contributed by atoms with Gasteiger partial charge in [-0.1, -0.05) is 170 Å². The first kappa shape index (κ1) is 33.6. The molecule has 0 bridgehead atoms. The molecule has 0 aliphatic rings. The average molecular weight is 739 g/mol. The van der Waals surface area contributed by atoms with Crippen LogP contribution in [0.25, 0.3) is 82.4 Å². The summed E-state index contributed by atoms with van der Waals surface area (Å²) in [6, 6.07) is 83.6. The molecular weight excluding hydrogens is 701 g/mol. The van der Waals surface area contributed by atoms with E-state index < -0.39 is 0 Å². The number of hydrogen-bond donors (Lipinski definition) is 0. The van der Waals surface area contributed by atoms with Crippen LogP contribution < -0.4 is 4.90 Å². The number of hydrogen-bond acceptors (Lipinski definition) is 1. The van der Waals surface area contributed by atoms with Gasteiger partial charge in [0.25, 0.3) is 0 Å². The lowest BCUT2D eigenvalue weighted by molar-refractivity contribution is 1.20. The summed E-state index contributed by atoms with van der Waals surface area (Å²) in [5.41, 5.74) is 14.1. The van der Waals surface area contributed by atoms with Gasteiger partial charge in [0.1, 0.15) is 0 Å². The maximum absolute atomic E-state index is 2.42. The monoisotopic (exact) mass is 738 g/mol. The van der Waals surface area contributed by atoms with Gasteiger partial charge in [-0.15, -0.1) is 0 Å². The molecule has 10 aromatic carbocycles. The van der Waals surface area contributed by atoms with Crippen LogP contribution >= 0.6 is 0 Å². The van der Waals surface area contributed by atoms with E-state index in [4.69, 9.17) is 0 Å². The van der Waals surface area contributed by atoms with E-state index in [1.54, 1.807) is 0 Å². The summed E-state index contributed by atoms with van der Waals surface area (Å²) >= 11 is 0. The second-order valence-electron chi connectivity index (χ2n) is 15.0. The number of anilines is 3. The number of para-hydroxylation sites is 2. The van der Waals surface area contributed by atoms with Gasteiger partial charge in [-0.2, -0.15) is 0 Å². The highest BCUT2D eigenvalue weighted by Gasteiger charge is 2.18. The summed E-state index contributed by atoms with van der Waals surface area (Å²) in [6.45, 7) is 0. The first-order valence-corrected chi connectivity index (χ1v) is 19.9. The summed E-state index contributed by atoms with van der Waals surface area (Å²) in [5.74, 6) is 0. The zero-order valence-corrected chi connectivity index (χ0v) is 31.8. The first-order chi connectivity index (χ1) is 28.8. The van der Waals surface area contributed by atoms with E-state index in [9.17, 15) is 0 Å². The fourth-order valence-electron chi connectivity index (χ4n) is 8.79. The molecule has 0 unspecified atom stereocenters. The standard InChI is InChI=1S/C56H38N2/c1-3-14-39(15-4-1)42-18-13-19-47(37-42)57(48-33-30-44-36-43(26-27-45(44)38-48)40-16-5-2-6-17-40)46-31-28-41(29-32-46)49-34-35-56(51-21-8-7-20-50(49)51)58-54-24-11-9-22-52(54)53-23-10-12-25-55(53)58/h1-38H. The van der Waals surface area contributed by atoms with Crippen molar-refractivity contribution in [3.8, 4) is 39.1 Å². The Hall–Kier alpha value is -7.68. The highest BCUT2D eigenvalue weighted by Crippen LogP contribution is 2.41. The third-order valence-corrected chi connectivity index (χ3v) is 11.6. The molecule has 0 aliphatic carbocycles. The van der Waals surface area contributed by atoms with Crippen LogP contribution in [0.3, 0.4) is 0 Å². The van der Waals surface area contributed by atoms with Crippen LogP contribution in [-0.2, 0) is 0 Å². The zero-order chi connectivity index (χ0) is 38.4. The van der Waals surface area contributed by atoms with E-state index in [0.717, 1.165) is 17.1 Å². The Bertz CT molecular complexity index is 3220.